The normalized spacial score (nSPS) is 10.9. The minimum absolute atomic E-state index is 1.51. The Balaban J connectivity index is 2.71. The van der Waals surface area contributed by atoms with Gasteiger partial charge in [-0.3, -0.25) is 0 Å². The van der Waals surface area contributed by atoms with Gasteiger partial charge in [-0.25, -0.2) is 0 Å². The van der Waals surface area contributed by atoms with Crippen LogP contribution >= 0.6 is 0 Å². The fraction of sp³-hybridized carbons (Fsp3) is 0. The Kier molecular flexibility index (Phi) is 4.93. The van der Waals surface area contributed by atoms with Crippen molar-refractivity contribution in [2.45, 2.75) is 0 Å². The molecule has 0 aliphatic carbocycles. The van der Waals surface area contributed by atoms with Crippen molar-refractivity contribution >= 4 is 6.14 Å². The third-order valence-corrected chi connectivity index (χ3v) is 10.5. The summed E-state index contributed by atoms with van der Waals surface area (Å²) in [5, 5.41) is 0. The minimum atomic E-state index is -4.17. The van der Waals surface area contributed by atoms with Crippen LogP contribution in [0.25, 0.3) is 0 Å². The van der Waals surface area contributed by atoms with Crippen molar-refractivity contribution in [1.82, 2.24) is 0 Å². The van der Waals surface area contributed by atoms with E-state index >= 15 is 0 Å². The van der Waals surface area contributed by atoms with Gasteiger partial charge >= 0.3 is 133 Å². The van der Waals surface area contributed by atoms with Gasteiger partial charge in [0.05, 0.1) is 0 Å². The molecule has 0 N–H and O–H groups in total. The quantitative estimate of drug-likeness (QED) is 0.241. The molecule has 0 saturated carbocycles. The molecule has 2 aromatic carbocycles. The summed E-state index contributed by atoms with van der Waals surface area (Å²) in [6.07, 6.45) is 0. The zero-order valence-electron chi connectivity index (χ0n) is 10.5. The molecule has 0 heterocycles. The van der Waals surface area contributed by atoms with Crippen LogP contribution in [-0.2, 0) is 24.6 Å². The van der Waals surface area contributed by atoms with E-state index in [9.17, 15) is 43.9 Å². The summed E-state index contributed by atoms with van der Waals surface area (Å²) in [5.74, 6) is -23.8. The molecule has 0 atom stereocenters. The van der Waals surface area contributed by atoms with Crippen LogP contribution in [0.15, 0.2) is 0 Å². The van der Waals surface area contributed by atoms with E-state index in [0.29, 0.717) is 0 Å². The van der Waals surface area contributed by atoms with Crippen molar-refractivity contribution in [3.8, 4) is 0 Å². The average molecular weight is 535 g/mol. The van der Waals surface area contributed by atoms with Crippen LogP contribution < -0.4 is 6.14 Å². The molecule has 23 heavy (non-hydrogen) atoms. The summed E-state index contributed by atoms with van der Waals surface area (Å²) in [6, 6.07) is 0. The summed E-state index contributed by atoms with van der Waals surface area (Å²) >= 11 is -4.17. The Morgan fingerprint density at radius 1 is 0.304 bits per heavy atom. The van der Waals surface area contributed by atoms with Crippen LogP contribution in [0.5, 0.6) is 0 Å². The van der Waals surface area contributed by atoms with Gasteiger partial charge in [0.1, 0.15) is 0 Å². The Bertz CT molecular complexity index is 691. The van der Waals surface area contributed by atoms with E-state index < -0.39 is 88.9 Å². The van der Waals surface area contributed by atoms with Gasteiger partial charge in [0.25, 0.3) is 0 Å². The number of hydrogen-bond donors (Lipinski definition) is 0. The van der Waals surface area contributed by atoms with E-state index in [0.717, 1.165) is 0 Å². The van der Waals surface area contributed by atoms with E-state index in [1.165, 1.54) is 0 Å². The van der Waals surface area contributed by atoms with Crippen molar-refractivity contribution in [3.63, 3.8) is 0 Å². The summed E-state index contributed by atoms with van der Waals surface area (Å²) in [4.78, 5) is 0. The maximum atomic E-state index is 13.5. The molecule has 0 nitrogen and oxygen atoms in total. The number of rotatable bonds is 2. The van der Waals surface area contributed by atoms with Gasteiger partial charge in [-0.2, -0.15) is 0 Å². The molecule has 2 aromatic rings. The Hall–Kier alpha value is -1.32. The fourth-order valence-electron chi connectivity index (χ4n) is 1.79. The molecule has 0 amide bonds. The molecular weight excluding hydrogens is 535 g/mol. The van der Waals surface area contributed by atoms with E-state index in [2.05, 4.69) is 0 Å². The second-order valence-corrected chi connectivity index (χ2v) is 11.1. The van der Waals surface area contributed by atoms with E-state index in [-0.39, 0.29) is 0 Å². The first-order chi connectivity index (χ1) is 10.6. The van der Waals surface area contributed by atoms with Crippen LogP contribution in [0.1, 0.15) is 0 Å². The molecule has 0 spiro atoms. The van der Waals surface area contributed by atoms with Crippen molar-refractivity contribution in [3.05, 3.63) is 58.2 Å². The molecule has 11 heteroatoms. The molecule has 2 rings (SSSR count). The van der Waals surface area contributed by atoms with Gasteiger partial charge in [-0.15, -0.1) is 0 Å². The molecule has 0 aliphatic heterocycles. The first-order valence-electron chi connectivity index (χ1n) is 5.60. The zero-order chi connectivity index (χ0) is 17.6. The van der Waals surface area contributed by atoms with Crippen LogP contribution in [0.2, 0.25) is 0 Å². The van der Waals surface area contributed by atoms with Gasteiger partial charge in [0.2, 0.25) is 0 Å². The summed E-state index contributed by atoms with van der Waals surface area (Å²) in [6.45, 7) is 0. The molecule has 0 saturated heterocycles. The first-order valence-corrected chi connectivity index (χ1v) is 11.1. The molecule has 120 valence electrons. The van der Waals surface area contributed by atoms with E-state index in [1.54, 1.807) is 0 Å². The summed E-state index contributed by atoms with van der Waals surface area (Å²) < 4.78 is 129. The second kappa shape index (κ2) is 6.29. The Labute approximate surface area is 133 Å². The molecule has 0 bridgehead atoms. The standard InChI is InChI=1S/2C6F5.Hg/c2*7-2-1-3(8)5(10)6(11)4(2)9;. The predicted molar refractivity (Wildman–Crippen MR) is 51.7 cm³/mol. The molecule has 0 unspecified atom stereocenters. The van der Waals surface area contributed by atoms with E-state index in [4.69, 9.17) is 0 Å². The van der Waals surface area contributed by atoms with E-state index in [1.807, 2.05) is 0 Å². The van der Waals surface area contributed by atoms with Crippen LogP contribution in [-0.4, -0.2) is 0 Å². The van der Waals surface area contributed by atoms with Crippen molar-refractivity contribution in [1.29, 1.82) is 0 Å². The third-order valence-electron chi connectivity index (χ3n) is 2.95. The van der Waals surface area contributed by atoms with Crippen LogP contribution in [0, 0.1) is 58.2 Å². The van der Waals surface area contributed by atoms with Gasteiger partial charge in [0, 0.05) is 0 Å². The summed E-state index contributed by atoms with van der Waals surface area (Å²) in [7, 11) is 0. The third kappa shape index (κ3) is 2.81. The summed E-state index contributed by atoms with van der Waals surface area (Å²) in [5.41, 5.74) is 0. The SMILES string of the molecule is Fc1c(F)c(F)[c]([Hg][c]2c(F)c(F)c(F)c(F)c2F)c(F)c1F. The zero-order valence-corrected chi connectivity index (χ0v) is 16.0. The number of benzene rings is 2. The Morgan fingerprint density at radius 2 is 0.478 bits per heavy atom. The van der Waals surface area contributed by atoms with Gasteiger partial charge in [-0.05, 0) is 0 Å². The topological polar surface area (TPSA) is 0 Å². The average Bonchev–Trinajstić information content (AvgIpc) is 2.54. The van der Waals surface area contributed by atoms with Crippen molar-refractivity contribution in [2.24, 2.45) is 0 Å². The number of halogens is 10. The number of hydrogen-bond acceptors (Lipinski definition) is 0. The molecular formula is C12F10Hg. The maximum absolute atomic E-state index is 13.5. The monoisotopic (exact) mass is 536 g/mol. The molecule has 0 fully saturated rings. The second-order valence-electron chi connectivity index (χ2n) is 4.27. The molecule has 0 radical (unpaired) electrons. The van der Waals surface area contributed by atoms with Crippen molar-refractivity contribution in [2.75, 3.05) is 0 Å². The van der Waals surface area contributed by atoms with Gasteiger partial charge in [0.15, 0.2) is 0 Å². The fourth-order valence-corrected chi connectivity index (χ4v) is 7.99. The molecule has 0 aliphatic rings. The predicted octanol–water partition coefficient (Wildman–Crippen LogP) is 3.11. The van der Waals surface area contributed by atoms with Gasteiger partial charge < -0.3 is 0 Å². The van der Waals surface area contributed by atoms with Gasteiger partial charge in [-0.1, -0.05) is 0 Å². The van der Waals surface area contributed by atoms with Crippen LogP contribution in [0.3, 0.4) is 0 Å². The Morgan fingerprint density at radius 3 is 0.696 bits per heavy atom. The van der Waals surface area contributed by atoms with Crippen molar-refractivity contribution < 1.29 is 68.5 Å². The molecule has 0 aromatic heterocycles. The first kappa shape index (κ1) is 18.0. The van der Waals surface area contributed by atoms with Crippen LogP contribution in [0.4, 0.5) is 43.9 Å².